The SMILES string of the molecule is Cc1cn(C2CC(O)C(C[Se]P(=O)(O)OC3CC(n4cc(C)c(=O)[nH]c4=O)OC3CO)O2)c(=O)[nH]c1=O. The first kappa shape index (κ1) is 27.9. The van der Waals surface area contributed by atoms with Gasteiger partial charge in [0.25, 0.3) is 0 Å². The monoisotopic (exact) mass is 610 g/mol. The summed E-state index contributed by atoms with van der Waals surface area (Å²) >= 11 is -1.08. The van der Waals surface area contributed by atoms with Gasteiger partial charge in [-0.05, 0) is 0 Å². The molecule has 7 unspecified atom stereocenters. The van der Waals surface area contributed by atoms with E-state index in [0.29, 0.717) is 0 Å². The third kappa shape index (κ3) is 6.14. The quantitative estimate of drug-likeness (QED) is 0.167. The van der Waals surface area contributed by atoms with Gasteiger partial charge in [0, 0.05) is 0 Å². The van der Waals surface area contributed by atoms with Crippen LogP contribution in [-0.2, 0) is 18.6 Å². The van der Waals surface area contributed by atoms with Crippen molar-refractivity contribution in [3.8, 4) is 0 Å². The molecule has 2 saturated heterocycles. The molecule has 0 spiro atoms. The number of nitrogens with zero attached hydrogens (tertiary/aromatic N) is 2. The fourth-order valence-corrected chi connectivity index (χ4v) is 8.93. The summed E-state index contributed by atoms with van der Waals surface area (Å²) in [5.74, 6) is 0. The summed E-state index contributed by atoms with van der Waals surface area (Å²) in [5.41, 5.74) is -1.96. The Hall–Kier alpha value is -2.13. The van der Waals surface area contributed by atoms with E-state index in [2.05, 4.69) is 9.97 Å². The van der Waals surface area contributed by atoms with E-state index in [9.17, 15) is 38.8 Å². The van der Waals surface area contributed by atoms with Crippen LogP contribution >= 0.6 is 6.29 Å². The summed E-state index contributed by atoms with van der Waals surface area (Å²) in [6.45, 7) is 2.49. The van der Waals surface area contributed by atoms with Crippen LogP contribution in [0, 0.1) is 13.8 Å². The third-order valence-corrected chi connectivity index (χ3v) is 11.4. The van der Waals surface area contributed by atoms with Crippen molar-refractivity contribution in [3.63, 3.8) is 0 Å². The summed E-state index contributed by atoms with van der Waals surface area (Å²) in [4.78, 5) is 62.3. The van der Waals surface area contributed by atoms with Crippen LogP contribution in [0.3, 0.4) is 0 Å². The van der Waals surface area contributed by atoms with E-state index in [4.69, 9.17) is 14.0 Å². The van der Waals surface area contributed by atoms with Gasteiger partial charge >= 0.3 is 214 Å². The molecule has 2 aromatic rings. The molecule has 0 bridgehead atoms. The Morgan fingerprint density at radius 1 is 1.00 bits per heavy atom. The molecule has 2 aliphatic heterocycles. The number of hydrogen-bond acceptors (Lipinski definition) is 10. The van der Waals surface area contributed by atoms with Crippen molar-refractivity contribution in [1.29, 1.82) is 0 Å². The third-order valence-electron chi connectivity index (χ3n) is 6.15. The molecule has 7 atom stereocenters. The van der Waals surface area contributed by atoms with Crippen molar-refractivity contribution >= 4 is 20.8 Å². The first-order valence-electron chi connectivity index (χ1n) is 11.3. The van der Waals surface area contributed by atoms with Crippen molar-refractivity contribution < 1.29 is 33.7 Å². The number of H-pyrrole nitrogens is 2. The molecule has 0 amide bonds. The Bertz CT molecular complexity index is 1430. The van der Waals surface area contributed by atoms with Crippen molar-refractivity contribution in [1.82, 2.24) is 19.1 Å². The minimum absolute atomic E-state index is 0.0189. The fraction of sp³-hybridized carbons (Fsp3) is 0.600. The number of ether oxygens (including phenoxy) is 2. The Labute approximate surface area is 214 Å². The van der Waals surface area contributed by atoms with E-state index in [1.54, 1.807) is 0 Å². The molecule has 0 aromatic carbocycles. The predicted octanol–water partition coefficient (Wildman–Crippen LogP) is -1.76. The molecule has 37 heavy (non-hydrogen) atoms. The van der Waals surface area contributed by atoms with E-state index in [0.717, 1.165) is 9.13 Å². The molecule has 0 saturated carbocycles. The van der Waals surface area contributed by atoms with Crippen molar-refractivity contribution in [2.75, 3.05) is 6.61 Å². The first-order chi connectivity index (χ1) is 17.4. The number of aryl methyl sites for hydroxylation is 2. The van der Waals surface area contributed by atoms with Gasteiger partial charge in [-0.25, -0.2) is 0 Å². The Kier molecular flexibility index (Phi) is 8.24. The number of aliphatic hydroxyl groups is 2. The Balaban J connectivity index is 1.39. The average molecular weight is 609 g/mol. The van der Waals surface area contributed by atoms with Crippen LogP contribution in [0.15, 0.2) is 31.6 Å². The number of aliphatic hydroxyl groups excluding tert-OH is 2. The molecule has 5 N–H and O–H groups in total. The molecular formula is C20H27N4O11PSe. The Morgan fingerprint density at radius 2 is 1.51 bits per heavy atom. The first-order valence-corrected chi connectivity index (χ1v) is 16.3. The van der Waals surface area contributed by atoms with Crippen LogP contribution in [0.4, 0.5) is 0 Å². The minimum atomic E-state index is -4.22. The summed E-state index contributed by atoms with van der Waals surface area (Å²) in [7, 11) is 0. The van der Waals surface area contributed by atoms with Gasteiger partial charge in [0.1, 0.15) is 0 Å². The van der Waals surface area contributed by atoms with Crippen molar-refractivity contribution in [2.24, 2.45) is 0 Å². The second-order valence-corrected chi connectivity index (χ2v) is 15.5. The zero-order valence-corrected chi connectivity index (χ0v) is 22.4. The maximum absolute atomic E-state index is 12.9. The summed E-state index contributed by atoms with van der Waals surface area (Å²) in [5, 5.41) is 20.1. The molecule has 2 aromatic heterocycles. The van der Waals surface area contributed by atoms with Gasteiger partial charge in [0.05, 0.1) is 0 Å². The normalized spacial score (nSPS) is 29.4. The number of hydrogen-bond donors (Lipinski definition) is 5. The average Bonchev–Trinajstić information content (AvgIpc) is 3.39. The van der Waals surface area contributed by atoms with Gasteiger partial charge in [-0.3, -0.25) is 0 Å². The molecule has 0 aliphatic carbocycles. The van der Waals surface area contributed by atoms with Gasteiger partial charge < -0.3 is 0 Å². The van der Waals surface area contributed by atoms with Crippen LogP contribution in [0.1, 0.15) is 36.4 Å². The van der Waals surface area contributed by atoms with Crippen molar-refractivity contribution in [3.05, 3.63) is 65.2 Å². The van der Waals surface area contributed by atoms with Crippen LogP contribution in [0.5, 0.6) is 0 Å². The van der Waals surface area contributed by atoms with Crippen LogP contribution in [0.2, 0.25) is 5.32 Å². The number of aromatic amines is 2. The summed E-state index contributed by atoms with van der Waals surface area (Å²) in [6, 6.07) is 0. The van der Waals surface area contributed by atoms with Crippen LogP contribution in [-0.4, -0.2) is 79.7 Å². The van der Waals surface area contributed by atoms with Gasteiger partial charge in [0.2, 0.25) is 0 Å². The van der Waals surface area contributed by atoms with Gasteiger partial charge in [-0.1, -0.05) is 0 Å². The van der Waals surface area contributed by atoms with Gasteiger partial charge in [-0.2, -0.15) is 0 Å². The van der Waals surface area contributed by atoms with Gasteiger partial charge in [-0.15, -0.1) is 0 Å². The molecule has 17 heteroatoms. The molecule has 204 valence electrons. The standard InChI is InChI=1S/C20H27N4O11PSe/c1-9-5-23(19(29)21-17(9)27)15-3-11(26)14(34-15)8-37-36(31,32)35-12-4-16(33-13(12)7-25)24-6-10(2)18(28)22-20(24)30/h5-6,11-16,25-26H,3-4,7-8H2,1-2H3,(H,31,32)(H,21,27,29)(H,22,28,30). The second-order valence-electron chi connectivity index (χ2n) is 8.85. The fourth-order valence-electron chi connectivity index (χ4n) is 4.15. The van der Waals surface area contributed by atoms with E-state index in [1.807, 2.05) is 0 Å². The molecule has 4 heterocycles. The van der Waals surface area contributed by atoms with Crippen LogP contribution in [0.25, 0.3) is 0 Å². The molecular weight excluding hydrogens is 582 g/mol. The molecule has 15 nitrogen and oxygen atoms in total. The summed E-state index contributed by atoms with van der Waals surface area (Å²) < 4.78 is 32.0. The van der Waals surface area contributed by atoms with Crippen LogP contribution < -0.4 is 22.5 Å². The predicted molar refractivity (Wildman–Crippen MR) is 128 cm³/mol. The van der Waals surface area contributed by atoms with Crippen molar-refractivity contribution in [2.45, 2.75) is 68.9 Å². The van der Waals surface area contributed by atoms with Gasteiger partial charge in [0.15, 0.2) is 0 Å². The van der Waals surface area contributed by atoms with E-state index in [1.165, 1.54) is 26.2 Å². The van der Waals surface area contributed by atoms with E-state index < -0.39 is 86.8 Å². The number of rotatable bonds is 8. The van der Waals surface area contributed by atoms with E-state index in [-0.39, 0.29) is 29.3 Å². The second kappa shape index (κ2) is 10.9. The molecule has 2 aliphatic rings. The zero-order chi connectivity index (χ0) is 27.1. The topological polar surface area (TPSA) is 215 Å². The molecule has 4 rings (SSSR count). The number of nitrogens with one attached hydrogen (secondary N) is 2. The Morgan fingerprint density at radius 3 is 2.05 bits per heavy atom. The molecule has 2 fully saturated rings. The molecule has 0 radical (unpaired) electrons. The van der Waals surface area contributed by atoms with E-state index >= 15 is 0 Å². The summed E-state index contributed by atoms with van der Waals surface area (Å²) in [6.07, 6.45) is -7.25. The maximum atomic E-state index is 12.9. The number of aromatic nitrogens is 4. The zero-order valence-electron chi connectivity index (χ0n) is 19.8.